The quantitative estimate of drug-likeness (QED) is 0.625. The average Bonchev–Trinajstić information content (AvgIpc) is 2.73. The summed E-state index contributed by atoms with van der Waals surface area (Å²) in [6.07, 6.45) is 0.480. The van der Waals surface area contributed by atoms with E-state index in [1.54, 1.807) is 4.90 Å². The molecular formula is C21H25Cl2N3O3S. The first-order valence-corrected chi connectivity index (χ1v) is 11.9. The van der Waals surface area contributed by atoms with Gasteiger partial charge in [-0.05, 0) is 37.2 Å². The highest BCUT2D eigenvalue weighted by atomic mass is 35.5. The van der Waals surface area contributed by atoms with Crippen LogP contribution >= 0.6 is 23.2 Å². The molecule has 6 nitrogen and oxygen atoms in total. The molecular weight excluding hydrogens is 445 g/mol. The Balaban J connectivity index is 1.84. The van der Waals surface area contributed by atoms with Crippen LogP contribution in [0.15, 0.2) is 53.4 Å². The van der Waals surface area contributed by atoms with Crippen molar-refractivity contribution in [3.8, 4) is 0 Å². The van der Waals surface area contributed by atoms with E-state index < -0.39 is 10.0 Å². The lowest BCUT2D eigenvalue weighted by molar-refractivity contribution is -0.132. The second kappa shape index (κ2) is 10.1. The van der Waals surface area contributed by atoms with Gasteiger partial charge in [-0.15, -0.1) is 0 Å². The number of halogens is 2. The molecule has 0 aliphatic carbocycles. The van der Waals surface area contributed by atoms with Crippen LogP contribution in [-0.2, 0) is 21.2 Å². The molecule has 3 rings (SSSR count). The molecule has 0 radical (unpaired) electrons. The normalized spacial score (nSPS) is 15.5. The zero-order chi connectivity index (χ0) is 21.7. The van der Waals surface area contributed by atoms with Crippen molar-refractivity contribution in [3.63, 3.8) is 0 Å². The van der Waals surface area contributed by atoms with Crippen molar-refractivity contribution in [3.05, 3.63) is 64.1 Å². The molecule has 0 unspecified atom stereocenters. The van der Waals surface area contributed by atoms with E-state index in [2.05, 4.69) is 4.90 Å². The number of carbonyl (C=O) groups is 1. The number of rotatable bonds is 7. The van der Waals surface area contributed by atoms with Crippen molar-refractivity contribution in [1.82, 2.24) is 14.1 Å². The number of hydrogen-bond donors (Lipinski definition) is 0. The topological polar surface area (TPSA) is 60.9 Å². The molecule has 0 bridgehead atoms. The Morgan fingerprint density at radius 3 is 2.37 bits per heavy atom. The Morgan fingerprint density at radius 2 is 1.70 bits per heavy atom. The summed E-state index contributed by atoms with van der Waals surface area (Å²) >= 11 is 12.2. The minimum absolute atomic E-state index is 0.0798. The van der Waals surface area contributed by atoms with Crippen LogP contribution in [0.25, 0.3) is 0 Å². The molecule has 1 amide bonds. The molecule has 0 saturated carbocycles. The van der Waals surface area contributed by atoms with E-state index in [9.17, 15) is 13.2 Å². The van der Waals surface area contributed by atoms with Gasteiger partial charge in [0.15, 0.2) is 0 Å². The van der Waals surface area contributed by atoms with Crippen LogP contribution in [0.1, 0.15) is 5.56 Å². The van der Waals surface area contributed by atoms with E-state index in [1.165, 1.54) is 22.5 Å². The maximum Gasteiger partial charge on any atom is 0.245 e. The van der Waals surface area contributed by atoms with Gasteiger partial charge in [0.05, 0.1) is 11.6 Å². The average molecular weight is 470 g/mol. The highest BCUT2D eigenvalue weighted by Gasteiger charge is 2.31. The van der Waals surface area contributed by atoms with Crippen molar-refractivity contribution in [2.24, 2.45) is 0 Å². The molecule has 0 aromatic heterocycles. The summed E-state index contributed by atoms with van der Waals surface area (Å²) in [6.45, 7) is 2.63. The largest absolute Gasteiger partial charge is 0.339 e. The highest BCUT2D eigenvalue weighted by Crippen LogP contribution is 2.28. The first-order valence-electron chi connectivity index (χ1n) is 9.73. The smallest absolute Gasteiger partial charge is 0.245 e. The third kappa shape index (κ3) is 5.74. The number of likely N-dealkylation sites (N-methyl/N-ethyl adjacent to an activating group) is 1. The van der Waals surface area contributed by atoms with Crippen molar-refractivity contribution in [1.29, 1.82) is 0 Å². The van der Waals surface area contributed by atoms with Crippen molar-refractivity contribution >= 4 is 39.1 Å². The lowest BCUT2D eigenvalue weighted by Crippen LogP contribution is -2.51. The maximum absolute atomic E-state index is 13.4. The van der Waals surface area contributed by atoms with E-state index in [0.717, 1.165) is 18.7 Å². The number of carbonyl (C=O) groups excluding carboxylic acids is 1. The van der Waals surface area contributed by atoms with Gasteiger partial charge in [0.1, 0.15) is 4.90 Å². The number of benzene rings is 2. The molecule has 1 saturated heterocycles. The van der Waals surface area contributed by atoms with Gasteiger partial charge >= 0.3 is 0 Å². The van der Waals surface area contributed by atoms with Crippen molar-refractivity contribution in [2.75, 3.05) is 46.3 Å². The molecule has 1 aliphatic heterocycles. The van der Waals surface area contributed by atoms with Crippen LogP contribution < -0.4 is 0 Å². The SMILES string of the molecule is CN1CCN(C(=O)CN(CCc2ccccc2)S(=O)(=O)c2cc(Cl)ccc2Cl)CC1. The van der Waals surface area contributed by atoms with Gasteiger partial charge < -0.3 is 9.80 Å². The van der Waals surface area contributed by atoms with E-state index in [-0.39, 0.29) is 33.9 Å². The summed E-state index contributed by atoms with van der Waals surface area (Å²) in [5.41, 5.74) is 0.988. The van der Waals surface area contributed by atoms with Crippen LogP contribution in [0, 0.1) is 0 Å². The highest BCUT2D eigenvalue weighted by molar-refractivity contribution is 7.89. The number of nitrogens with zero attached hydrogens (tertiary/aromatic N) is 3. The third-order valence-electron chi connectivity index (χ3n) is 5.17. The lowest BCUT2D eigenvalue weighted by atomic mass is 10.1. The molecule has 1 fully saturated rings. The Hall–Kier alpha value is -1.64. The zero-order valence-electron chi connectivity index (χ0n) is 16.8. The first kappa shape index (κ1) is 23.0. The van der Waals surface area contributed by atoms with Crippen molar-refractivity contribution in [2.45, 2.75) is 11.3 Å². The summed E-state index contributed by atoms with van der Waals surface area (Å²) in [5, 5.41) is 0.350. The Morgan fingerprint density at radius 1 is 1.03 bits per heavy atom. The summed E-state index contributed by atoms with van der Waals surface area (Å²) < 4.78 is 28.0. The van der Waals surface area contributed by atoms with Crippen LogP contribution in [0.5, 0.6) is 0 Å². The predicted molar refractivity (Wildman–Crippen MR) is 119 cm³/mol. The van der Waals surface area contributed by atoms with E-state index >= 15 is 0 Å². The Bertz CT molecular complexity index is 978. The molecule has 0 atom stereocenters. The van der Waals surface area contributed by atoms with Gasteiger partial charge in [-0.25, -0.2) is 8.42 Å². The molecule has 0 N–H and O–H groups in total. The molecule has 0 spiro atoms. The van der Waals surface area contributed by atoms with Gasteiger partial charge in [-0.1, -0.05) is 53.5 Å². The fourth-order valence-electron chi connectivity index (χ4n) is 3.30. The van der Waals surface area contributed by atoms with Crippen LogP contribution in [0.3, 0.4) is 0 Å². The second-order valence-corrected chi connectivity index (χ2v) is 10.1. The fourth-order valence-corrected chi connectivity index (χ4v) is 5.43. The third-order valence-corrected chi connectivity index (χ3v) is 7.73. The number of piperazine rings is 1. The molecule has 9 heteroatoms. The summed E-state index contributed by atoms with van der Waals surface area (Å²) in [5.74, 6) is -0.210. The van der Waals surface area contributed by atoms with Crippen LogP contribution in [-0.4, -0.2) is 74.7 Å². The minimum Gasteiger partial charge on any atom is -0.339 e. The van der Waals surface area contributed by atoms with E-state index in [4.69, 9.17) is 23.2 Å². The van der Waals surface area contributed by atoms with Gasteiger partial charge in [-0.2, -0.15) is 4.31 Å². The van der Waals surface area contributed by atoms with Crippen LogP contribution in [0.4, 0.5) is 0 Å². The second-order valence-electron chi connectivity index (χ2n) is 7.33. The molecule has 1 heterocycles. The monoisotopic (exact) mass is 469 g/mol. The summed E-state index contributed by atoms with van der Waals surface area (Å²) in [7, 11) is -2.01. The molecule has 2 aromatic carbocycles. The molecule has 1 aliphatic rings. The fraction of sp³-hybridized carbons (Fsp3) is 0.381. The van der Waals surface area contributed by atoms with E-state index in [1.807, 2.05) is 37.4 Å². The van der Waals surface area contributed by atoms with Gasteiger partial charge in [0.25, 0.3) is 0 Å². The number of hydrogen-bond acceptors (Lipinski definition) is 4. The van der Waals surface area contributed by atoms with E-state index in [0.29, 0.717) is 19.5 Å². The summed E-state index contributed by atoms with van der Waals surface area (Å²) in [4.78, 5) is 16.7. The number of amides is 1. The lowest BCUT2D eigenvalue weighted by Gasteiger charge is -2.34. The van der Waals surface area contributed by atoms with Gasteiger partial charge in [-0.3, -0.25) is 4.79 Å². The maximum atomic E-state index is 13.4. The predicted octanol–water partition coefficient (Wildman–Crippen LogP) is 3.00. The van der Waals surface area contributed by atoms with Crippen LogP contribution in [0.2, 0.25) is 10.0 Å². The first-order chi connectivity index (χ1) is 14.3. The van der Waals surface area contributed by atoms with Crippen molar-refractivity contribution < 1.29 is 13.2 Å². The standard InChI is InChI=1S/C21H25Cl2N3O3S/c1-24-11-13-25(14-12-24)21(27)16-26(10-9-17-5-3-2-4-6-17)30(28,29)20-15-18(22)7-8-19(20)23/h2-8,15H,9-14,16H2,1H3. The Labute approximate surface area is 188 Å². The zero-order valence-corrected chi connectivity index (χ0v) is 19.1. The minimum atomic E-state index is -4.01. The Kier molecular flexibility index (Phi) is 7.76. The molecule has 162 valence electrons. The number of sulfonamides is 1. The van der Waals surface area contributed by atoms with Gasteiger partial charge in [0, 0.05) is 37.7 Å². The molecule has 2 aromatic rings. The van der Waals surface area contributed by atoms with Gasteiger partial charge in [0.2, 0.25) is 15.9 Å². The summed E-state index contributed by atoms with van der Waals surface area (Å²) in [6, 6.07) is 13.9. The molecule has 30 heavy (non-hydrogen) atoms.